The van der Waals surface area contributed by atoms with E-state index in [9.17, 15) is 15.0 Å². The van der Waals surface area contributed by atoms with Crippen LogP contribution in [-0.4, -0.2) is 34.9 Å². The van der Waals surface area contributed by atoms with Gasteiger partial charge in [-0.25, -0.2) is 0 Å². The molecule has 0 aromatic carbocycles. The predicted molar refractivity (Wildman–Crippen MR) is 341 cm³/mol. The molecule has 1 amide bonds. The van der Waals surface area contributed by atoms with Gasteiger partial charge >= 0.3 is 0 Å². The maximum Gasteiger partial charge on any atom is 0.220 e. The van der Waals surface area contributed by atoms with Crippen molar-refractivity contribution in [2.75, 3.05) is 6.61 Å². The van der Waals surface area contributed by atoms with Crippen LogP contribution in [0.5, 0.6) is 0 Å². The maximum atomic E-state index is 12.5. The Kier molecular flexibility index (Phi) is 66.6. The first-order valence-corrected chi connectivity index (χ1v) is 35.2. The molecule has 450 valence electrons. The molecule has 0 aliphatic carbocycles. The molecule has 2 unspecified atom stereocenters. The molecule has 0 heterocycles. The van der Waals surface area contributed by atoms with E-state index in [1.807, 2.05) is 6.08 Å². The minimum atomic E-state index is -0.840. The summed E-state index contributed by atoms with van der Waals surface area (Å²) in [6.45, 7) is 4.35. The predicted octanol–water partition coefficient (Wildman–Crippen LogP) is 23.9. The lowest BCUT2D eigenvalue weighted by Gasteiger charge is -2.20. The minimum Gasteiger partial charge on any atom is -0.394 e. The van der Waals surface area contributed by atoms with Gasteiger partial charge in [0.25, 0.3) is 0 Å². The quantitative estimate of drug-likeness (QED) is 0.0420. The molecule has 76 heavy (non-hydrogen) atoms. The van der Waals surface area contributed by atoms with Crippen molar-refractivity contribution in [1.82, 2.24) is 5.32 Å². The lowest BCUT2D eigenvalue weighted by molar-refractivity contribution is -0.123. The summed E-state index contributed by atoms with van der Waals surface area (Å²) in [5.41, 5.74) is 0. The summed E-state index contributed by atoms with van der Waals surface area (Å²) in [6.07, 6.45) is 93.8. The van der Waals surface area contributed by atoms with Gasteiger partial charge in [0, 0.05) is 6.42 Å². The van der Waals surface area contributed by atoms with Crippen LogP contribution >= 0.6 is 0 Å². The summed E-state index contributed by atoms with van der Waals surface area (Å²) in [5, 5.41) is 23.3. The summed E-state index contributed by atoms with van der Waals surface area (Å²) >= 11 is 0. The highest BCUT2D eigenvalue weighted by atomic mass is 16.3. The molecular weight excluding hydrogens is 927 g/mol. The molecule has 0 aliphatic heterocycles. The van der Waals surface area contributed by atoms with Crippen LogP contribution in [0, 0.1) is 0 Å². The van der Waals surface area contributed by atoms with Crippen molar-refractivity contribution in [1.29, 1.82) is 0 Å². The van der Waals surface area contributed by atoms with Crippen LogP contribution < -0.4 is 5.32 Å². The lowest BCUT2D eigenvalue weighted by atomic mass is 10.0. The van der Waals surface area contributed by atoms with Gasteiger partial charge in [0.1, 0.15) is 0 Å². The minimum absolute atomic E-state index is 0.0554. The van der Waals surface area contributed by atoms with Crippen LogP contribution in [0.3, 0.4) is 0 Å². The van der Waals surface area contributed by atoms with Gasteiger partial charge in [0.05, 0.1) is 18.8 Å². The highest BCUT2D eigenvalue weighted by molar-refractivity contribution is 5.76. The van der Waals surface area contributed by atoms with Crippen molar-refractivity contribution < 1.29 is 15.0 Å². The third kappa shape index (κ3) is 63.4. The number of allylic oxidation sites excluding steroid dienone is 5. The fourth-order valence-electron chi connectivity index (χ4n) is 11.3. The van der Waals surface area contributed by atoms with Gasteiger partial charge in [-0.1, -0.05) is 378 Å². The Balaban J connectivity index is 3.41. The molecule has 4 heteroatoms. The number of carbonyl (C=O) groups excluding carboxylic acids is 1. The number of hydrogen-bond acceptors (Lipinski definition) is 3. The molecule has 0 aromatic heterocycles. The van der Waals surface area contributed by atoms with Crippen LogP contribution in [0.25, 0.3) is 0 Å². The molecule has 0 radical (unpaired) electrons. The average molecular weight is 1070 g/mol. The number of nitrogens with one attached hydrogen (secondary N) is 1. The van der Waals surface area contributed by atoms with E-state index in [2.05, 4.69) is 43.5 Å². The fourth-order valence-corrected chi connectivity index (χ4v) is 11.3. The number of rotatable bonds is 66. The second kappa shape index (κ2) is 67.9. The Bertz CT molecular complexity index is 1160. The fraction of sp³-hybridized carbons (Fsp3) is 0.903. The van der Waals surface area contributed by atoms with Crippen LogP contribution in [0.4, 0.5) is 0 Å². The molecule has 0 spiro atoms. The molecular formula is C72H139NO3. The number of carbonyl (C=O) groups is 1. The summed E-state index contributed by atoms with van der Waals surface area (Å²) in [6, 6.07) is -0.622. The van der Waals surface area contributed by atoms with E-state index in [4.69, 9.17) is 0 Å². The van der Waals surface area contributed by atoms with Crippen LogP contribution in [0.1, 0.15) is 399 Å². The zero-order valence-corrected chi connectivity index (χ0v) is 52.1. The van der Waals surface area contributed by atoms with Gasteiger partial charge in [0.2, 0.25) is 5.91 Å². The molecule has 0 saturated heterocycles. The average Bonchev–Trinajstić information content (AvgIpc) is 3.42. The van der Waals surface area contributed by atoms with Crippen molar-refractivity contribution in [3.05, 3.63) is 36.5 Å². The smallest absolute Gasteiger partial charge is 0.220 e. The van der Waals surface area contributed by atoms with Crippen molar-refractivity contribution in [2.24, 2.45) is 0 Å². The molecule has 0 saturated carbocycles. The normalized spacial score (nSPS) is 12.8. The van der Waals surface area contributed by atoms with Gasteiger partial charge in [-0.2, -0.15) is 0 Å². The van der Waals surface area contributed by atoms with Gasteiger partial charge < -0.3 is 15.5 Å². The number of unbranched alkanes of at least 4 members (excludes halogenated alkanes) is 55. The summed E-state index contributed by atoms with van der Waals surface area (Å²) < 4.78 is 0. The molecule has 0 fully saturated rings. The van der Waals surface area contributed by atoms with Gasteiger partial charge in [0.15, 0.2) is 0 Å². The van der Waals surface area contributed by atoms with Crippen LogP contribution in [0.15, 0.2) is 36.5 Å². The largest absolute Gasteiger partial charge is 0.394 e. The lowest BCUT2D eigenvalue weighted by Crippen LogP contribution is -2.45. The van der Waals surface area contributed by atoms with Gasteiger partial charge in [-0.3, -0.25) is 4.79 Å². The third-order valence-corrected chi connectivity index (χ3v) is 16.6. The molecule has 0 aliphatic rings. The monoisotopic (exact) mass is 1070 g/mol. The second-order valence-corrected chi connectivity index (χ2v) is 24.3. The first-order chi connectivity index (χ1) is 37.7. The maximum absolute atomic E-state index is 12.5. The standard InChI is InChI=1S/C72H139NO3/c1-3-5-7-9-11-13-15-17-19-21-23-25-27-29-31-33-35-36-38-40-42-44-46-48-50-52-54-56-58-60-62-64-66-68-72(76)73-70(69-74)71(75)67-65-63-61-59-57-55-53-51-49-47-45-43-41-39-37-34-32-30-28-26-24-22-20-18-16-14-12-10-8-6-4-2/h15,17,21,23,65,67,70-71,74-75H,3-14,16,18-20,22,24-64,66,68-69H2,1-2H3,(H,73,76)/b17-15-,23-21-,67-65+. The number of aliphatic hydroxyl groups is 2. The van der Waals surface area contributed by atoms with Crippen LogP contribution in [0.2, 0.25) is 0 Å². The Hall–Kier alpha value is -1.39. The summed E-state index contributed by atoms with van der Waals surface area (Å²) in [7, 11) is 0. The van der Waals surface area contributed by atoms with Crippen molar-refractivity contribution in [2.45, 2.75) is 411 Å². The number of aliphatic hydroxyl groups excluding tert-OH is 2. The van der Waals surface area contributed by atoms with Gasteiger partial charge in [-0.15, -0.1) is 0 Å². The highest BCUT2D eigenvalue weighted by Gasteiger charge is 2.18. The van der Waals surface area contributed by atoms with E-state index in [0.29, 0.717) is 6.42 Å². The zero-order valence-electron chi connectivity index (χ0n) is 52.1. The van der Waals surface area contributed by atoms with Crippen molar-refractivity contribution in [3.8, 4) is 0 Å². The second-order valence-electron chi connectivity index (χ2n) is 24.3. The third-order valence-electron chi connectivity index (χ3n) is 16.6. The number of hydrogen-bond donors (Lipinski definition) is 3. The Morgan fingerprint density at radius 3 is 0.789 bits per heavy atom. The zero-order chi connectivity index (χ0) is 54.8. The van der Waals surface area contributed by atoms with Crippen LogP contribution in [-0.2, 0) is 4.79 Å². The molecule has 0 bridgehead atoms. The van der Waals surface area contributed by atoms with Crippen molar-refractivity contribution in [3.63, 3.8) is 0 Å². The van der Waals surface area contributed by atoms with Crippen molar-refractivity contribution >= 4 is 5.91 Å². The summed E-state index contributed by atoms with van der Waals surface area (Å²) in [4.78, 5) is 12.5. The molecule has 0 aromatic rings. The van der Waals surface area contributed by atoms with E-state index in [-0.39, 0.29) is 12.5 Å². The van der Waals surface area contributed by atoms with E-state index < -0.39 is 12.1 Å². The van der Waals surface area contributed by atoms with E-state index in [1.54, 1.807) is 6.08 Å². The van der Waals surface area contributed by atoms with E-state index in [1.165, 1.54) is 347 Å². The number of amides is 1. The SMILES string of the molecule is CCCCCCC/C=C\C/C=C\CCCCCCCCCCCCCCCCCCCCCCCC(=O)NC(CO)C(O)/C=C/CCCCCCCCCCCCCCCCCCCCCCCCCCCCCCC. The Morgan fingerprint density at radius 1 is 0.316 bits per heavy atom. The molecule has 2 atom stereocenters. The molecule has 4 nitrogen and oxygen atoms in total. The summed E-state index contributed by atoms with van der Waals surface area (Å²) in [5.74, 6) is -0.0554. The highest BCUT2D eigenvalue weighted by Crippen LogP contribution is 2.19. The molecule has 0 rings (SSSR count). The molecule has 3 N–H and O–H groups in total. The van der Waals surface area contributed by atoms with Gasteiger partial charge in [-0.05, 0) is 51.4 Å². The van der Waals surface area contributed by atoms with E-state index in [0.717, 1.165) is 32.1 Å². The first kappa shape index (κ1) is 74.6. The Labute approximate surface area is 478 Å². The first-order valence-electron chi connectivity index (χ1n) is 35.2. The van der Waals surface area contributed by atoms with E-state index >= 15 is 0 Å². The topological polar surface area (TPSA) is 69.6 Å². The Morgan fingerprint density at radius 2 is 0.539 bits per heavy atom.